The lowest BCUT2D eigenvalue weighted by Crippen LogP contribution is -2.44. The molecule has 30 heavy (non-hydrogen) atoms. The molecule has 0 atom stereocenters. The maximum atomic E-state index is 12.6. The van der Waals surface area contributed by atoms with Gasteiger partial charge in [0.15, 0.2) is 0 Å². The minimum atomic E-state index is -4.38. The molecule has 0 unspecified atom stereocenters. The maximum absolute atomic E-state index is 12.6. The third kappa shape index (κ3) is 5.42. The second-order valence-corrected chi connectivity index (χ2v) is 7.29. The van der Waals surface area contributed by atoms with Gasteiger partial charge in [-0.2, -0.15) is 13.2 Å². The van der Waals surface area contributed by atoms with Gasteiger partial charge in [0.05, 0.1) is 12.7 Å². The normalized spacial score (nSPS) is 16.4. The first-order valence-corrected chi connectivity index (χ1v) is 9.68. The van der Waals surface area contributed by atoms with Crippen LogP contribution in [0.25, 0.3) is 6.08 Å². The van der Waals surface area contributed by atoms with E-state index < -0.39 is 11.7 Å². The fraction of sp³-hybridized carbons (Fsp3) is 0.348. The van der Waals surface area contributed by atoms with Gasteiger partial charge in [-0.05, 0) is 54.3 Å². The fourth-order valence-corrected chi connectivity index (χ4v) is 3.54. The van der Waals surface area contributed by atoms with Crippen molar-refractivity contribution in [1.82, 2.24) is 5.32 Å². The van der Waals surface area contributed by atoms with Gasteiger partial charge >= 0.3 is 6.18 Å². The molecular formula is C23H24F3NO3. The summed E-state index contributed by atoms with van der Waals surface area (Å²) in [5, 5.41) is 2.93. The lowest BCUT2D eigenvalue weighted by Gasteiger charge is -2.38. The minimum Gasteiger partial charge on any atom is -0.497 e. The Hall–Kier alpha value is -2.80. The monoisotopic (exact) mass is 419 g/mol. The van der Waals surface area contributed by atoms with Crippen LogP contribution in [0.5, 0.6) is 5.75 Å². The summed E-state index contributed by atoms with van der Waals surface area (Å²) >= 11 is 0. The van der Waals surface area contributed by atoms with Crippen molar-refractivity contribution in [3.63, 3.8) is 0 Å². The average molecular weight is 419 g/mol. The topological polar surface area (TPSA) is 47.6 Å². The van der Waals surface area contributed by atoms with Crippen molar-refractivity contribution in [2.75, 3.05) is 26.9 Å². The molecule has 7 heteroatoms. The second kappa shape index (κ2) is 9.34. The van der Waals surface area contributed by atoms with E-state index in [1.165, 1.54) is 24.3 Å². The van der Waals surface area contributed by atoms with E-state index in [1.807, 2.05) is 24.3 Å². The van der Waals surface area contributed by atoms with Crippen molar-refractivity contribution in [2.24, 2.45) is 0 Å². The van der Waals surface area contributed by atoms with E-state index in [0.717, 1.165) is 36.3 Å². The number of ether oxygens (including phenoxy) is 2. The van der Waals surface area contributed by atoms with Crippen LogP contribution in [0, 0.1) is 0 Å². The van der Waals surface area contributed by atoms with Gasteiger partial charge in [-0.3, -0.25) is 4.79 Å². The number of alkyl halides is 3. The molecule has 0 radical (unpaired) electrons. The van der Waals surface area contributed by atoms with Gasteiger partial charge in [0.1, 0.15) is 5.75 Å². The molecule has 160 valence electrons. The number of hydrogen-bond donors (Lipinski definition) is 1. The van der Waals surface area contributed by atoms with E-state index in [-0.39, 0.29) is 11.3 Å². The first-order valence-electron chi connectivity index (χ1n) is 9.68. The van der Waals surface area contributed by atoms with E-state index in [4.69, 9.17) is 9.47 Å². The Balaban J connectivity index is 1.65. The lowest BCUT2D eigenvalue weighted by molar-refractivity contribution is -0.137. The Morgan fingerprint density at radius 3 is 2.30 bits per heavy atom. The highest BCUT2D eigenvalue weighted by atomic mass is 19.4. The van der Waals surface area contributed by atoms with Gasteiger partial charge in [0, 0.05) is 31.2 Å². The zero-order chi connectivity index (χ0) is 21.6. The van der Waals surface area contributed by atoms with Crippen molar-refractivity contribution in [3.8, 4) is 5.75 Å². The average Bonchev–Trinajstić information content (AvgIpc) is 2.76. The number of amides is 1. The van der Waals surface area contributed by atoms with Crippen LogP contribution < -0.4 is 10.1 Å². The molecule has 0 saturated carbocycles. The zero-order valence-corrected chi connectivity index (χ0v) is 16.7. The Morgan fingerprint density at radius 1 is 1.10 bits per heavy atom. The standard InChI is InChI=1S/C23H24F3NO3/c1-29-20-9-7-18(8-10-20)22(12-14-30-15-13-22)16-27-21(28)11-4-17-2-5-19(6-3-17)23(24,25)26/h2-11H,12-16H2,1H3,(H,27,28)/b11-4+. The van der Waals surface area contributed by atoms with Crippen LogP contribution in [0.2, 0.25) is 0 Å². The summed E-state index contributed by atoms with van der Waals surface area (Å²) in [7, 11) is 1.61. The second-order valence-electron chi connectivity index (χ2n) is 7.29. The highest BCUT2D eigenvalue weighted by Crippen LogP contribution is 2.35. The molecule has 1 N–H and O–H groups in total. The largest absolute Gasteiger partial charge is 0.497 e. The van der Waals surface area contributed by atoms with Gasteiger partial charge in [-0.1, -0.05) is 24.3 Å². The molecule has 1 amide bonds. The van der Waals surface area contributed by atoms with Gasteiger partial charge < -0.3 is 14.8 Å². The molecule has 3 rings (SSSR count). The van der Waals surface area contributed by atoms with Crippen LogP contribution in [0.3, 0.4) is 0 Å². The lowest BCUT2D eigenvalue weighted by atomic mass is 9.74. The summed E-state index contributed by atoms with van der Waals surface area (Å²) in [5.74, 6) is 0.471. The van der Waals surface area contributed by atoms with Crippen LogP contribution in [-0.2, 0) is 21.1 Å². The molecule has 2 aromatic rings. The Bertz CT molecular complexity index is 868. The van der Waals surface area contributed by atoms with Crippen LogP contribution in [0.1, 0.15) is 29.5 Å². The molecule has 0 spiro atoms. The highest BCUT2D eigenvalue weighted by molar-refractivity contribution is 5.91. The molecule has 1 saturated heterocycles. The summed E-state index contributed by atoms with van der Waals surface area (Å²) in [4.78, 5) is 12.3. The SMILES string of the molecule is COc1ccc(C2(CNC(=O)/C=C/c3ccc(C(F)(F)F)cc3)CCOCC2)cc1. The Labute approximate surface area is 173 Å². The molecule has 2 aromatic carbocycles. The Morgan fingerprint density at radius 2 is 1.73 bits per heavy atom. The van der Waals surface area contributed by atoms with E-state index in [1.54, 1.807) is 7.11 Å². The quantitative estimate of drug-likeness (QED) is 0.697. The van der Waals surface area contributed by atoms with Crippen molar-refractivity contribution in [2.45, 2.75) is 24.4 Å². The van der Waals surface area contributed by atoms with Crippen LogP contribution in [0.4, 0.5) is 13.2 Å². The first-order chi connectivity index (χ1) is 14.3. The summed E-state index contributed by atoms with van der Waals surface area (Å²) in [6.45, 7) is 1.67. The molecule has 1 aliphatic heterocycles. The van der Waals surface area contributed by atoms with Gasteiger partial charge in [-0.15, -0.1) is 0 Å². The number of hydrogen-bond acceptors (Lipinski definition) is 3. The van der Waals surface area contributed by atoms with E-state index in [2.05, 4.69) is 5.32 Å². The zero-order valence-electron chi connectivity index (χ0n) is 16.7. The summed E-state index contributed by atoms with van der Waals surface area (Å²) in [5.41, 5.74) is 0.681. The van der Waals surface area contributed by atoms with Crippen LogP contribution in [0.15, 0.2) is 54.6 Å². The highest BCUT2D eigenvalue weighted by Gasteiger charge is 2.34. The third-order valence-corrected chi connectivity index (χ3v) is 5.42. The Kier molecular flexibility index (Phi) is 6.82. The van der Waals surface area contributed by atoms with Gasteiger partial charge in [-0.25, -0.2) is 0 Å². The number of methoxy groups -OCH3 is 1. The third-order valence-electron chi connectivity index (χ3n) is 5.42. The number of benzene rings is 2. The van der Waals surface area contributed by atoms with Crippen molar-refractivity contribution < 1.29 is 27.4 Å². The number of nitrogens with one attached hydrogen (secondary N) is 1. The molecule has 0 aromatic heterocycles. The fourth-order valence-electron chi connectivity index (χ4n) is 3.54. The molecule has 1 aliphatic rings. The summed E-state index contributed by atoms with van der Waals surface area (Å²) < 4.78 is 48.6. The molecule has 1 heterocycles. The number of halogens is 3. The van der Waals surface area contributed by atoms with Crippen molar-refractivity contribution in [3.05, 3.63) is 71.3 Å². The van der Waals surface area contributed by atoms with E-state index in [0.29, 0.717) is 25.3 Å². The smallest absolute Gasteiger partial charge is 0.416 e. The van der Waals surface area contributed by atoms with Crippen molar-refractivity contribution in [1.29, 1.82) is 0 Å². The van der Waals surface area contributed by atoms with Crippen molar-refractivity contribution >= 4 is 12.0 Å². The molecule has 4 nitrogen and oxygen atoms in total. The predicted molar refractivity (Wildman–Crippen MR) is 108 cm³/mol. The molecule has 0 aliphatic carbocycles. The first kappa shape index (κ1) is 21.9. The molecule has 1 fully saturated rings. The van der Waals surface area contributed by atoms with E-state index in [9.17, 15) is 18.0 Å². The molecular weight excluding hydrogens is 395 g/mol. The number of carbonyl (C=O) groups is 1. The van der Waals surface area contributed by atoms with E-state index >= 15 is 0 Å². The maximum Gasteiger partial charge on any atom is 0.416 e. The number of rotatable bonds is 6. The predicted octanol–water partition coefficient (Wildman–Crippen LogP) is 4.59. The van der Waals surface area contributed by atoms with Crippen LogP contribution in [-0.4, -0.2) is 32.8 Å². The van der Waals surface area contributed by atoms with Gasteiger partial charge in [0.25, 0.3) is 0 Å². The molecule has 0 bridgehead atoms. The minimum absolute atomic E-state index is 0.234. The van der Waals surface area contributed by atoms with Crippen LogP contribution >= 0.6 is 0 Å². The van der Waals surface area contributed by atoms with Gasteiger partial charge in [0.2, 0.25) is 5.91 Å². The number of carbonyl (C=O) groups excluding carboxylic acids is 1. The summed E-state index contributed by atoms with van der Waals surface area (Å²) in [6.07, 6.45) is 0.0206. The summed E-state index contributed by atoms with van der Waals surface area (Å²) in [6, 6.07) is 12.5.